The minimum absolute atomic E-state index is 0.545. The minimum atomic E-state index is 0.545. The quantitative estimate of drug-likeness (QED) is 0.745. The van der Waals surface area contributed by atoms with Crippen LogP contribution in [-0.4, -0.2) is 13.1 Å². The summed E-state index contributed by atoms with van der Waals surface area (Å²) in [6.07, 6.45) is 0. The maximum absolute atomic E-state index is 3.47. The van der Waals surface area contributed by atoms with Crippen LogP contribution < -0.4 is 4.90 Å². The van der Waals surface area contributed by atoms with E-state index in [-0.39, 0.29) is 0 Å². The normalized spacial score (nSPS) is 10.7. The number of aryl methyl sites for hydroxylation is 1. The predicted octanol–water partition coefficient (Wildman–Crippen LogP) is 3.73. The van der Waals surface area contributed by atoms with Crippen molar-refractivity contribution in [1.29, 1.82) is 0 Å². The summed E-state index contributed by atoms with van der Waals surface area (Å²) in [5.74, 6) is 0. The largest absolute Gasteiger partial charge is 0.372 e. The molecule has 0 aliphatic rings. The van der Waals surface area contributed by atoms with E-state index < -0.39 is 0 Å². The van der Waals surface area contributed by atoms with Crippen LogP contribution in [0.1, 0.15) is 25.0 Å². The lowest BCUT2D eigenvalue weighted by atomic mass is 10.1. The molecule has 78 valence electrons. The smallest absolute Gasteiger partial charge is 0.0395 e. The number of nitrogens with zero attached hydrogens (tertiary/aromatic N) is 1. The van der Waals surface area contributed by atoms with Gasteiger partial charge in [0.1, 0.15) is 0 Å². The molecule has 2 heteroatoms. The van der Waals surface area contributed by atoms with E-state index in [1.54, 1.807) is 0 Å². The molecule has 0 N–H and O–H groups in total. The molecule has 0 heterocycles. The van der Waals surface area contributed by atoms with Crippen molar-refractivity contribution in [2.24, 2.45) is 0 Å². The second-order valence-electron chi connectivity index (χ2n) is 3.96. The van der Waals surface area contributed by atoms with Gasteiger partial charge in [-0.2, -0.15) is 0 Å². The van der Waals surface area contributed by atoms with E-state index >= 15 is 0 Å². The van der Waals surface area contributed by atoms with Crippen molar-refractivity contribution < 1.29 is 0 Å². The number of anilines is 1. The first kappa shape index (κ1) is 11.6. The lowest BCUT2D eigenvalue weighted by Crippen LogP contribution is -2.26. The molecule has 0 aliphatic carbocycles. The second kappa shape index (κ2) is 4.83. The number of hydrogen-bond donors (Lipinski definition) is 0. The van der Waals surface area contributed by atoms with Gasteiger partial charge in [0.15, 0.2) is 0 Å². The van der Waals surface area contributed by atoms with Crippen LogP contribution in [0, 0.1) is 6.92 Å². The van der Waals surface area contributed by atoms with E-state index in [4.69, 9.17) is 0 Å². The average Bonchev–Trinajstić information content (AvgIpc) is 2.16. The molecular formula is C12H18BrN. The Bertz CT molecular complexity index is 307. The third kappa shape index (κ3) is 2.50. The summed E-state index contributed by atoms with van der Waals surface area (Å²) in [5.41, 5.74) is 4.01. The van der Waals surface area contributed by atoms with Gasteiger partial charge in [-0.15, -0.1) is 0 Å². The summed E-state index contributed by atoms with van der Waals surface area (Å²) in [5, 5.41) is 0.930. The molecule has 14 heavy (non-hydrogen) atoms. The van der Waals surface area contributed by atoms with Gasteiger partial charge in [0.25, 0.3) is 0 Å². The van der Waals surface area contributed by atoms with Gasteiger partial charge in [-0.25, -0.2) is 0 Å². The van der Waals surface area contributed by atoms with Crippen LogP contribution in [0.5, 0.6) is 0 Å². The molecule has 0 fully saturated rings. The van der Waals surface area contributed by atoms with E-state index in [0.29, 0.717) is 6.04 Å². The Hall–Kier alpha value is -0.500. The maximum Gasteiger partial charge on any atom is 0.0395 e. The minimum Gasteiger partial charge on any atom is -0.372 e. The topological polar surface area (TPSA) is 3.24 Å². The van der Waals surface area contributed by atoms with Crippen LogP contribution in [0.15, 0.2) is 18.2 Å². The Morgan fingerprint density at radius 3 is 2.43 bits per heavy atom. The third-order valence-electron chi connectivity index (χ3n) is 2.57. The zero-order chi connectivity index (χ0) is 10.7. The molecule has 1 aromatic rings. The van der Waals surface area contributed by atoms with Crippen LogP contribution in [-0.2, 0) is 5.33 Å². The molecule has 1 nitrogen and oxygen atoms in total. The first-order valence-corrected chi connectivity index (χ1v) is 6.06. The maximum atomic E-state index is 3.47. The SMILES string of the molecule is Cc1cc(CBr)ccc1N(C)C(C)C. The highest BCUT2D eigenvalue weighted by Crippen LogP contribution is 2.22. The van der Waals surface area contributed by atoms with Gasteiger partial charge >= 0.3 is 0 Å². The zero-order valence-electron chi connectivity index (χ0n) is 9.34. The first-order chi connectivity index (χ1) is 6.56. The second-order valence-corrected chi connectivity index (χ2v) is 4.52. The fraction of sp³-hybridized carbons (Fsp3) is 0.500. The van der Waals surface area contributed by atoms with Gasteiger partial charge in [0, 0.05) is 24.1 Å². The molecule has 0 aromatic heterocycles. The lowest BCUT2D eigenvalue weighted by Gasteiger charge is -2.25. The van der Waals surface area contributed by atoms with Crippen LogP contribution in [0.25, 0.3) is 0 Å². The molecule has 0 aliphatic heterocycles. The van der Waals surface area contributed by atoms with Crippen molar-refractivity contribution in [1.82, 2.24) is 0 Å². The number of benzene rings is 1. The van der Waals surface area contributed by atoms with Gasteiger partial charge in [-0.1, -0.05) is 28.1 Å². The van der Waals surface area contributed by atoms with Crippen molar-refractivity contribution in [2.45, 2.75) is 32.1 Å². The fourth-order valence-electron chi connectivity index (χ4n) is 1.47. The van der Waals surface area contributed by atoms with E-state index in [1.807, 2.05) is 0 Å². The zero-order valence-corrected chi connectivity index (χ0v) is 10.9. The van der Waals surface area contributed by atoms with E-state index in [9.17, 15) is 0 Å². The summed E-state index contributed by atoms with van der Waals surface area (Å²) in [7, 11) is 2.14. The van der Waals surface area contributed by atoms with Crippen molar-refractivity contribution in [2.75, 3.05) is 11.9 Å². The van der Waals surface area contributed by atoms with Crippen molar-refractivity contribution in [3.63, 3.8) is 0 Å². The molecule has 0 bridgehead atoms. The Balaban J connectivity index is 2.99. The van der Waals surface area contributed by atoms with Crippen LogP contribution >= 0.6 is 15.9 Å². The average molecular weight is 256 g/mol. The summed E-state index contributed by atoms with van der Waals surface area (Å²) in [4.78, 5) is 2.30. The highest BCUT2D eigenvalue weighted by atomic mass is 79.9. The molecule has 0 radical (unpaired) electrons. The molecular weight excluding hydrogens is 238 g/mol. The van der Waals surface area contributed by atoms with Gasteiger partial charge in [0.2, 0.25) is 0 Å². The standard InChI is InChI=1S/C12H18BrN/c1-9(2)14(4)12-6-5-11(8-13)7-10(12)3/h5-7,9H,8H2,1-4H3. The summed E-state index contributed by atoms with van der Waals surface area (Å²) < 4.78 is 0. The van der Waals surface area contributed by atoms with E-state index in [0.717, 1.165) is 5.33 Å². The van der Waals surface area contributed by atoms with Gasteiger partial charge in [-0.05, 0) is 38.0 Å². The monoisotopic (exact) mass is 255 g/mol. The molecule has 0 saturated heterocycles. The van der Waals surface area contributed by atoms with Crippen molar-refractivity contribution >= 4 is 21.6 Å². The Labute approximate surface area is 95.2 Å². The molecule has 1 rings (SSSR count). The van der Waals surface area contributed by atoms with Gasteiger partial charge in [-0.3, -0.25) is 0 Å². The molecule has 1 aromatic carbocycles. The van der Waals surface area contributed by atoms with Gasteiger partial charge < -0.3 is 4.90 Å². The summed E-state index contributed by atoms with van der Waals surface area (Å²) >= 11 is 3.47. The fourth-order valence-corrected chi connectivity index (χ4v) is 1.82. The van der Waals surface area contributed by atoms with E-state index in [2.05, 4.69) is 66.8 Å². The number of halogens is 1. The number of alkyl halides is 1. The molecule has 0 saturated carbocycles. The highest BCUT2D eigenvalue weighted by Gasteiger charge is 2.07. The van der Waals surface area contributed by atoms with Crippen molar-refractivity contribution in [3.8, 4) is 0 Å². The number of rotatable bonds is 3. The molecule has 0 amide bonds. The highest BCUT2D eigenvalue weighted by molar-refractivity contribution is 9.08. The Morgan fingerprint density at radius 1 is 1.36 bits per heavy atom. The Kier molecular flexibility index (Phi) is 3.99. The van der Waals surface area contributed by atoms with Crippen molar-refractivity contribution in [3.05, 3.63) is 29.3 Å². The van der Waals surface area contributed by atoms with Gasteiger partial charge in [0.05, 0.1) is 0 Å². The Morgan fingerprint density at radius 2 is 2.00 bits per heavy atom. The van der Waals surface area contributed by atoms with E-state index in [1.165, 1.54) is 16.8 Å². The lowest BCUT2D eigenvalue weighted by molar-refractivity contribution is 0.752. The molecule has 0 spiro atoms. The summed E-state index contributed by atoms with van der Waals surface area (Å²) in [6, 6.07) is 7.16. The van der Waals surface area contributed by atoms with Crippen LogP contribution in [0.2, 0.25) is 0 Å². The van der Waals surface area contributed by atoms with Crippen LogP contribution in [0.3, 0.4) is 0 Å². The summed E-state index contributed by atoms with van der Waals surface area (Å²) in [6.45, 7) is 6.58. The molecule has 0 atom stereocenters. The number of hydrogen-bond acceptors (Lipinski definition) is 1. The third-order valence-corrected chi connectivity index (χ3v) is 3.22. The molecule has 0 unspecified atom stereocenters. The van der Waals surface area contributed by atoms with Crippen LogP contribution in [0.4, 0.5) is 5.69 Å². The predicted molar refractivity (Wildman–Crippen MR) is 67.3 cm³/mol. The first-order valence-electron chi connectivity index (χ1n) is 4.94.